The van der Waals surface area contributed by atoms with Crippen molar-refractivity contribution in [1.82, 2.24) is 25.4 Å². The molecule has 28 heavy (non-hydrogen) atoms. The number of amides is 1. The Kier molecular flexibility index (Phi) is 5.29. The van der Waals surface area contributed by atoms with Gasteiger partial charge in [0.15, 0.2) is 5.69 Å². The number of piperidine rings is 1. The summed E-state index contributed by atoms with van der Waals surface area (Å²) < 4.78 is 25.0. The predicted octanol–water partition coefficient (Wildman–Crippen LogP) is 3.08. The molecule has 0 atom stereocenters. The first kappa shape index (κ1) is 18.5. The Morgan fingerprint density at radius 3 is 2.79 bits per heavy atom. The molecule has 2 aromatic heterocycles. The summed E-state index contributed by atoms with van der Waals surface area (Å²) in [5.41, 5.74) is 3.04. The van der Waals surface area contributed by atoms with Crippen molar-refractivity contribution in [3.63, 3.8) is 0 Å². The summed E-state index contributed by atoms with van der Waals surface area (Å²) in [4.78, 5) is 18.6. The first-order chi connectivity index (χ1) is 13.6. The largest absolute Gasteiger partial charge is 0.348 e. The van der Waals surface area contributed by atoms with Crippen LogP contribution in [0.3, 0.4) is 0 Å². The van der Waals surface area contributed by atoms with Crippen LogP contribution in [0.25, 0.3) is 22.0 Å². The van der Waals surface area contributed by atoms with Crippen LogP contribution < -0.4 is 5.32 Å². The second kappa shape index (κ2) is 8.02. The number of alkyl halides is 2. The van der Waals surface area contributed by atoms with Crippen LogP contribution in [0.4, 0.5) is 8.78 Å². The number of benzene rings is 1. The van der Waals surface area contributed by atoms with E-state index >= 15 is 0 Å². The van der Waals surface area contributed by atoms with Gasteiger partial charge in [0.05, 0.1) is 12.1 Å². The molecule has 0 saturated carbocycles. The first-order valence-corrected chi connectivity index (χ1v) is 9.30. The van der Waals surface area contributed by atoms with Crippen molar-refractivity contribution in [3.05, 3.63) is 48.4 Å². The third-order valence-corrected chi connectivity index (χ3v) is 5.09. The fourth-order valence-electron chi connectivity index (χ4n) is 3.61. The molecule has 8 heteroatoms. The molecule has 1 fully saturated rings. The molecular weight excluding hydrogens is 364 g/mol. The normalized spacial score (nSPS) is 16.0. The van der Waals surface area contributed by atoms with E-state index in [1.165, 1.54) is 0 Å². The topological polar surface area (TPSA) is 73.9 Å². The van der Waals surface area contributed by atoms with E-state index in [1.807, 2.05) is 30.3 Å². The zero-order valence-corrected chi connectivity index (χ0v) is 15.2. The number of hydrogen-bond donors (Lipinski definition) is 2. The number of rotatable bonds is 5. The Balaban J connectivity index is 1.47. The van der Waals surface area contributed by atoms with Gasteiger partial charge in [-0.3, -0.25) is 19.8 Å². The predicted molar refractivity (Wildman–Crippen MR) is 102 cm³/mol. The smallest absolute Gasteiger partial charge is 0.272 e. The third-order valence-electron chi connectivity index (χ3n) is 5.09. The molecule has 1 aromatic carbocycles. The number of H-pyrrole nitrogens is 1. The van der Waals surface area contributed by atoms with Gasteiger partial charge in [-0.2, -0.15) is 5.10 Å². The fraction of sp³-hybridized carbons (Fsp3) is 0.350. The van der Waals surface area contributed by atoms with Crippen LogP contribution in [-0.4, -0.2) is 58.1 Å². The molecule has 1 amide bonds. The van der Waals surface area contributed by atoms with E-state index in [-0.39, 0.29) is 18.5 Å². The summed E-state index contributed by atoms with van der Waals surface area (Å²) in [6.45, 7) is 0.908. The minimum Gasteiger partial charge on any atom is -0.348 e. The maximum atomic E-state index is 12.8. The van der Waals surface area contributed by atoms with Crippen molar-refractivity contribution in [2.24, 2.45) is 0 Å². The molecule has 6 nitrogen and oxygen atoms in total. The average Bonchev–Trinajstić information content (AvgIpc) is 3.13. The molecule has 2 N–H and O–H groups in total. The molecular formula is C20H21F2N5O. The number of pyridine rings is 1. The third kappa shape index (κ3) is 4.01. The van der Waals surface area contributed by atoms with E-state index in [9.17, 15) is 13.6 Å². The number of likely N-dealkylation sites (tertiary alicyclic amines) is 1. The number of aromatic nitrogens is 3. The number of nitrogens with zero attached hydrogens (tertiary/aromatic N) is 3. The number of halogens is 2. The van der Waals surface area contributed by atoms with Gasteiger partial charge in [-0.05, 0) is 36.6 Å². The minimum atomic E-state index is -2.32. The van der Waals surface area contributed by atoms with Gasteiger partial charge in [-0.15, -0.1) is 0 Å². The van der Waals surface area contributed by atoms with Gasteiger partial charge in [-0.25, -0.2) is 8.78 Å². The summed E-state index contributed by atoms with van der Waals surface area (Å²) in [7, 11) is 0. The van der Waals surface area contributed by atoms with Crippen LogP contribution in [0.2, 0.25) is 0 Å². The average molecular weight is 385 g/mol. The Hall–Kier alpha value is -2.87. The Morgan fingerprint density at radius 2 is 2.07 bits per heavy atom. The Bertz CT molecular complexity index is 952. The molecule has 146 valence electrons. The molecule has 1 aliphatic heterocycles. The lowest BCUT2D eigenvalue weighted by Gasteiger charge is -2.31. The molecule has 0 radical (unpaired) electrons. The molecule has 0 spiro atoms. The van der Waals surface area contributed by atoms with Gasteiger partial charge in [0.2, 0.25) is 0 Å². The zero-order chi connectivity index (χ0) is 19.5. The van der Waals surface area contributed by atoms with Crippen molar-refractivity contribution in [1.29, 1.82) is 0 Å². The van der Waals surface area contributed by atoms with Gasteiger partial charge in [0.25, 0.3) is 12.3 Å². The van der Waals surface area contributed by atoms with Crippen molar-refractivity contribution in [2.45, 2.75) is 25.3 Å². The van der Waals surface area contributed by atoms with Crippen molar-refractivity contribution in [3.8, 4) is 11.1 Å². The van der Waals surface area contributed by atoms with Crippen LogP contribution in [0.5, 0.6) is 0 Å². The Morgan fingerprint density at radius 1 is 1.25 bits per heavy atom. The summed E-state index contributed by atoms with van der Waals surface area (Å²) in [6, 6.07) is 9.57. The van der Waals surface area contributed by atoms with Crippen LogP contribution >= 0.6 is 0 Å². The first-order valence-electron chi connectivity index (χ1n) is 9.30. The summed E-state index contributed by atoms with van der Waals surface area (Å²) in [5.74, 6) is -0.248. The molecule has 4 rings (SSSR count). The molecule has 1 saturated heterocycles. The fourth-order valence-corrected chi connectivity index (χ4v) is 3.61. The van der Waals surface area contributed by atoms with Crippen molar-refractivity contribution < 1.29 is 13.6 Å². The Labute approximate surface area is 161 Å². The van der Waals surface area contributed by atoms with Crippen LogP contribution in [0.15, 0.2) is 42.7 Å². The highest BCUT2D eigenvalue weighted by Gasteiger charge is 2.24. The number of carbonyl (C=O) groups is 1. The second-order valence-corrected chi connectivity index (χ2v) is 7.01. The van der Waals surface area contributed by atoms with Gasteiger partial charge in [0, 0.05) is 42.5 Å². The van der Waals surface area contributed by atoms with Gasteiger partial charge in [0.1, 0.15) is 0 Å². The second-order valence-electron chi connectivity index (χ2n) is 7.01. The van der Waals surface area contributed by atoms with Crippen LogP contribution in [0, 0.1) is 0 Å². The minimum absolute atomic E-state index is 0.0327. The van der Waals surface area contributed by atoms with E-state index in [4.69, 9.17) is 0 Å². The van der Waals surface area contributed by atoms with E-state index in [0.29, 0.717) is 31.6 Å². The van der Waals surface area contributed by atoms with Crippen LogP contribution in [-0.2, 0) is 0 Å². The molecule has 0 aliphatic carbocycles. The van der Waals surface area contributed by atoms with Gasteiger partial charge >= 0.3 is 0 Å². The molecule has 1 aliphatic rings. The van der Waals surface area contributed by atoms with Gasteiger partial charge in [-0.1, -0.05) is 12.1 Å². The maximum absolute atomic E-state index is 12.8. The monoisotopic (exact) mass is 385 g/mol. The SMILES string of the molecule is O=C(NC1CCN(CC(F)F)CC1)c1n[nH]c2ccc(-c3cccnc3)cc12. The quantitative estimate of drug-likeness (QED) is 0.708. The van der Waals surface area contributed by atoms with Crippen LogP contribution in [0.1, 0.15) is 23.3 Å². The molecule has 3 heterocycles. The summed E-state index contributed by atoms with van der Waals surface area (Å²) in [5, 5.41) is 10.8. The lowest BCUT2D eigenvalue weighted by atomic mass is 10.0. The lowest BCUT2D eigenvalue weighted by Crippen LogP contribution is -2.45. The van der Waals surface area contributed by atoms with Crippen molar-refractivity contribution in [2.75, 3.05) is 19.6 Å². The van der Waals surface area contributed by atoms with E-state index in [0.717, 1.165) is 22.0 Å². The number of nitrogens with one attached hydrogen (secondary N) is 2. The zero-order valence-electron chi connectivity index (χ0n) is 15.2. The molecule has 3 aromatic rings. The van der Waals surface area contributed by atoms with Gasteiger partial charge < -0.3 is 5.32 Å². The summed E-state index contributed by atoms with van der Waals surface area (Å²) >= 11 is 0. The number of hydrogen-bond acceptors (Lipinski definition) is 4. The highest BCUT2D eigenvalue weighted by Crippen LogP contribution is 2.25. The number of fused-ring (bicyclic) bond motifs is 1. The summed E-state index contributed by atoms with van der Waals surface area (Å²) in [6.07, 6.45) is 2.47. The number of aromatic amines is 1. The number of carbonyl (C=O) groups excluding carboxylic acids is 1. The highest BCUT2D eigenvalue weighted by atomic mass is 19.3. The van der Waals surface area contributed by atoms with E-state index in [1.54, 1.807) is 17.3 Å². The molecule has 0 unspecified atom stereocenters. The standard InChI is InChI=1S/C20H21F2N5O/c21-18(22)12-27-8-5-15(6-9-27)24-20(28)19-16-10-13(3-4-17(16)25-26-19)14-2-1-7-23-11-14/h1-4,7,10-11,15,18H,5-6,8-9,12H2,(H,24,28)(H,25,26). The van der Waals surface area contributed by atoms with Crippen molar-refractivity contribution >= 4 is 16.8 Å². The maximum Gasteiger partial charge on any atom is 0.272 e. The van der Waals surface area contributed by atoms with E-state index in [2.05, 4.69) is 20.5 Å². The van der Waals surface area contributed by atoms with E-state index < -0.39 is 6.43 Å². The molecule has 0 bridgehead atoms. The lowest BCUT2D eigenvalue weighted by molar-refractivity contribution is 0.0695. The highest BCUT2D eigenvalue weighted by molar-refractivity contribution is 6.05.